The summed E-state index contributed by atoms with van der Waals surface area (Å²) in [5.41, 5.74) is 0.980. The fraction of sp³-hybridized carbons (Fsp3) is 0.438. The highest BCUT2D eigenvalue weighted by atomic mass is 16.2. The standard InChI is InChI=1S/C16H19N5O/c22-16-17-7-10-21(16)12-5-8-20(9-6-12)15-13-3-1-2-4-14(13)18-11-19-15/h1-4,11-12H,5-10H2,(H,17,22). The molecule has 0 aliphatic carbocycles. The molecule has 0 spiro atoms. The van der Waals surface area contributed by atoms with Gasteiger partial charge < -0.3 is 15.1 Å². The third kappa shape index (κ3) is 2.24. The Bertz CT molecular complexity index is 691. The molecule has 1 aromatic carbocycles. The molecule has 0 bridgehead atoms. The van der Waals surface area contributed by atoms with Crippen LogP contribution in [0.3, 0.4) is 0 Å². The van der Waals surface area contributed by atoms with Crippen LogP contribution in [0.4, 0.5) is 10.6 Å². The van der Waals surface area contributed by atoms with Gasteiger partial charge in [-0.1, -0.05) is 12.1 Å². The molecular weight excluding hydrogens is 278 g/mol. The Hall–Kier alpha value is -2.37. The maximum absolute atomic E-state index is 11.8. The van der Waals surface area contributed by atoms with Crippen molar-refractivity contribution in [2.24, 2.45) is 0 Å². The predicted molar refractivity (Wildman–Crippen MR) is 84.9 cm³/mol. The molecule has 0 unspecified atom stereocenters. The van der Waals surface area contributed by atoms with Crippen molar-refractivity contribution < 1.29 is 4.79 Å². The highest BCUT2D eigenvalue weighted by Crippen LogP contribution is 2.27. The first kappa shape index (κ1) is 13.3. The monoisotopic (exact) mass is 297 g/mol. The molecule has 2 aliphatic rings. The van der Waals surface area contributed by atoms with Crippen LogP contribution in [0, 0.1) is 0 Å². The first-order valence-electron chi connectivity index (χ1n) is 7.82. The number of hydrogen-bond acceptors (Lipinski definition) is 4. The molecule has 6 nitrogen and oxygen atoms in total. The number of amides is 2. The van der Waals surface area contributed by atoms with Crippen LogP contribution in [0.15, 0.2) is 30.6 Å². The van der Waals surface area contributed by atoms with Gasteiger partial charge in [-0.15, -0.1) is 0 Å². The summed E-state index contributed by atoms with van der Waals surface area (Å²) in [6.07, 6.45) is 3.62. The van der Waals surface area contributed by atoms with E-state index in [0.717, 1.165) is 55.7 Å². The Morgan fingerprint density at radius 1 is 1.09 bits per heavy atom. The van der Waals surface area contributed by atoms with Crippen LogP contribution in [0.5, 0.6) is 0 Å². The lowest BCUT2D eigenvalue weighted by Crippen LogP contribution is -2.46. The maximum atomic E-state index is 11.8. The third-order valence-electron chi connectivity index (χ3n) is 4.62. The smallest absolute Gasteiger partial charge is 0.317 e. The number of para-hydroxylation sites is 1. The molecule has 2 fully saturated rings. The molecule has 22 heavy (non-hydrogen) atoms. The minimum atomic E-state index is 0.0888. The van der Waals surface area contributed by atoms with Gasteiger partial charge in [0.15, 0.2) is 0 Å². The Morgan fingerprint density at radius 3 is 2.68 bits per heavy atom. The Kier molecular flexibility index (Phi) is 3.29. The van der Waals surface area contributed by atoms with Gasteiger partial charge in [-0.05, 0) is 25.0 Å². The summed E-state index contributed by atoms with van der Waals surface area (Å²) in [4.78, 5) is 24.9. The Labute approximate surface area is 129 Å². The van der Waals surface area contributed by atoms with Crippen molar-refractivity contribution in [3.63, 3.8) is 0 Å². The van der Waals surface area contributed by atoms with Crippen LogP contribution in [-0.2, 0) is 0 Å². The molecule has 0 atom stereocenters. The summed E-state index contributed by atoms with van der Waals surface area (Å²) in [6, 6.07) is 8.55. The van der Waals surface area contributed by atoms with E-state index < -0.39 is 0 Å². The number of urea groups is 1. The highest BCUT2D eigenvalue weighted by Gasteiger charge is 2.31. The molecule has 2 aliphatic heterocycles. The molecule has 2 aromatic rings. The number of fused-ring (bicyclic) bond motifs is 1. The summed E-state index contributed by atoms with van der Waals surface area (Å²) >= 11 is 0. The number of piperidine rings is 1. The molecule has 6 heteroatoms. The fourth-order valence-corrected chi connectivity index (χ4v) is 3.47. The summed E-state index contributed by atoms with van der Waals surface area (Å²) < 4.78 is 0. The van der Waals surface area contributed by atoms with Gasteiger partial charge in [0.1, 0.15) is 12.1 Å². The molecule has 4 rings (SSSR count). The summed E-state index contributed by atoms with van der Waals surface area (Å²) in [5, 5.41) is 3.99. The van der Waals surface area contributed by atoms with Gasteiger partial charge in [-0.25, -0.2) is 14.8 Å². The topological polar surface area (TPSA) is 61.4 Å². The average molecular weight is 297 g/mol. The van der Waals surface area contributed by atoms with Crippen LogP contribution in [0.25, 0.3) is 10.9 Å². The third-order valence-corrected chi connectivity index (χ3v) is 4.62. The van der Waals surface area contributed by atoms with Gasteiger partial charge in [-0.2, -0.15) is 0 Å². The molecule has 0 saturated carbocycles. The van der Waals surface area contributed by atoms with E-state index in [9.17, 15) is 4.79 Å². The van der Waals surface area contributed by atoms with Crippen LogP contribution >= 0.6 is 0 Å². The van der Waals surface area contributed by atoms with E-state index in [-0.39, 0.29) is 6.03 Å². The molecule has 0 radical (unpaired) electrons. The number of rotatable bonds is 2. The van der Waals surface area contributed by atoms with Crippen molar-refractivity contribution in [2.75, 3.05) is 31.1 Å². The zero-order valence-electron chi connectivity index (χ0n) is 12.4. The molecular formula is C16H19N5O. The van der Waals surface area contributed by atoms with Gasteiger partial charge in [-0.3, -0.25) is 0 Å². The van der Waals surface area contributed by atoms with Crippen molar-refractivity contribution in [1.29, 1.82) is 0 Å². The van der Waals surface area contributed by atoms with Gasteiger partial charge in [0.2, 0.25) is 0 Å². The van der Waals surface area contributed by atoms with Crippen molar-refractivity contribution in [3.8, 4) is 0 Å². The van der Waals surface area contributed by atoms with E-state index in [1.807, 2.05) is 23.1 Å². The van der Waals surface area contributed by atoms with E-state index in [1.165, 1.54) is 0 Å². The minimum absolute atomic E-state index is 0.0888. The molecule has 1 aromatic heterocycles. The van der Waals surface area contributed by atoms with Gasteiger partial charge in [0, 0.05) is 37.6 Å². The number of benzene rings is 1. The number of nitrogens with one attached hydrogen (secondary N) is 1. The van der Waals surface area contributed by atoms with Crippen LogP contribution in [-0.4, -0.2) is 53.1 Å². The van der Waals surface area contributed by atoms with Gasteiger partial charge in [0.05, 0.1) is 5.52 Å². The molecule has 114 valence electrons. The number of anilines is 1. The summed E-state index contributed by atoms with van der Waals surface area (Å²) in [5.74, 6) is 1.01. The van der Waals surface area contributed by atoms with Crippen molar-refractivity contribution >= 4 is 22.8 Å². The Morgan fingerprint density at radius 2 is 1.91 bits per heavy atom. The van der Waals surface area contributed by atoms with Crippen LogP contribution < -0.4 is 10.2 Å². The largest absolute Gasteiger partial charge is 0.356 e. The Balaban J connectivity index is 1.52. The first-order chi connectivity index (χ1) is 10.8. The summed E-state index contributed by atoms with van der Waals surface area (Å²) in [6.45, 7) is 3.46. The zero-order valence-corrected chi connectivity index (χ0v) is 12.4. The number of hydrogen-bond donors (Lipinski definition) is 1. The zero-order chi connectivity index (χ0) is 14.9. The van der Waals surface area contributed by atoms with Gasteiger partial charge in [0.25, 0.3) is 0 Å². The number of carbonyl (C=O) groups is 1. The van der Waals surface area contributed by atoms with Crippen molar-refractivity contribution in [2.45, 2.75) is 18.9 Å². The fourth-order valence-electron chi connectivity index (χ4n) is 3.47. The molecule has 2 saturated heterocycles. The average Bonchev–Trinajstić information content (AvgIpc) is 3.01. The van der Waals surface area contributed by atoms with Crippen LogP contribution in [0.2, 0.25) is 0 Å². The van der Waals surface area contributed by atoms with E-state index in [1.54, 1.807) is 6.33 Å². The highest BCUT2D eigenvalue weighted by molar-refractivity contribution is 5.89. The van der Waals surface area contributed by atoms with Crippen molar-refractivity contribution in [3.05, 3.63) is 30.6 Å². The van der Waals surface area contributed by atoms with E-state index in [4.69, 9.17) is 0 Å². The normalized spacial score (nSPS) is 19.7. The van der Waals surface area contributed by atoms with E-state index >= 15 is 0 Å². The number of carbonyl (C=O) groups excluding carboxylic acids is 1. The quantitative estimate of drug-likeness (QED) is 0.915. The predicted octanol–water partition coefficient (Wildman–Crippen LogP) is 1.62. The lowest BCUT2D eigenvalue weighted by Gasteiger charge is -2.36. The van der Waals surface area contributed by atoms with Crippen LogP contribution in [0.1, 0.15) is 12.8 Å². The number of nitrogens with zero attached hydrogens (tertiary/aromatic N) is 4. The van der Waals surface area contributed by atoms with Crippen molar-refractivity contribution in [1.82, 2.24) is 20.2 Å². The van der Waals surface area contributed by atoms with E-state index in [2.05, 4.69) is 26.3 Å². The SMILES string of the molecule is O=C1NCCN1C1CCN(c2ncnc3ccccc23)CC1. The molecule has 1 N–H and O–H groups in total. The first-order valence-corrected chi connectivity index (χ1v) is 7.82. The molecule has 3 heterocycles. The second-order valence-corrected chi connectivity index (χ2v) is 5.86. The second-order valence-electron chi connectivity index (χ2n) is 5.86. The summed E-state index contributed by atoms with van der Waals surface area (Å²) in [7, 11) is 0. The molecule has 2 amide bonds. The minimum Gasteiger partial charge on any atom is -0.356 e. The van der Waals surface area contributed by atoms with E-state index in [0.29, 0.717) is 6.04 Å². The lowest BCUT2D eigenvalue weighted by molar-refractivity contribution is 0.186. The second kappa shape index (κ2) is 5.44. The number of aromatic nitrogens is 2. The maximum Gasteiger partial charge on any atom is 0.317 e. The van der Waals surface area contributed by atoms with Gasteiger partial charge >= 0.3 is 6.03 Å². The lowest BCUT2D eigenvalue weighted by atomic mass is 10.0.